The van der Waals surface area contributed by atoms with Crippen molar-refractivity contribution in [2.45, 2.75) is 32.9 Å². The Morgan fingerprint density at radius 1 is 1.25 bits per heavy atom. The highest BCUT2D eigenvalue weighted by Crippen LogP contribution is 2.20. The van der Waals surface area contributed by atoms with Crippen LogP contribution in [0.5, 0.6) is 0 Å². The van der Waals surface area contributed by atoms with Gasteiger partial charge in [-0.1, -0.05) is 6.07 Å². The minimum atomic E-state index is -0.482. The molecule has 0 atom stereocenters. The maximum Gasteiger partial charge on any atom is 0.338 e. The van der Waals surface area contributed by atoms with Crippen molar-refractivity contribution in [2.24, 2.45) is 0 Å². The quantitative estimate of drug-likeness (QED) is 0.804. The Bertz CT molecular complexity index is 608. The molecule has 0 amide bonds. The topological polar surface area (TPSA) is 40.5 Å². The summed E-state index contributed by atoms with van der Waals surface area (Å²) < 4.78 is 12.6. The fourth-order valence-corrected chi connectivity index (χ4v) is 2.03. The van der Waals surface area contributed by atoms with Gasteiger partial charge in [0.1, 0.15) is 5.60 Å². The second kappa shape index (κ2) is 5.67. The number of aromatic nitrogens is 1. The third-order valence-electron chi connectivity index (χ3n) is 2.94. The normalized spacial score (nSPS) is 11.8. The van der Waals surface area contributed by atoms with E-state index >= 15 is 0 Å². The highest BCUT2D eigenvalue weighted by atomic mass is 16.6. The lowest BCUT2D eigenvalue weighted by molar-refractivity contribution is 0.00697. The number of benzene rings is 1. The Balaban J connectivity index is 2.29. The van der Waals surface area contributed by atoms with Crippen molar-refractivity contribution in [3.63, 3.8) is 0 Å². The monoisotopic (exact) mass is 275 g/mol. The number of ether oxygens (including phenoxy) is 2. The summed E-state index contributed by atoms with van der Waals surface area (Å²) in [5.41, 5.74) is 1.11. The van der Waals surface area contributed by atoms with Crippen LogP contribution in [-0.2, 0) is 16.0 Å². The summed E-state index contributed by atoms with van der Waals surface area (Å²) in [7, 11) is 1.68. The summed E-state index contributed by atoms with van der Waals surface area (Å²) in [6, 6.07) is 7.65. The van der Waals surface area contributed by atoms with E-state index in [-0.39, 0.29) is 5.97 Å². The van der Waals surface area contributed by atoms with E-state index in [1.807, 2.05) is 45.2 Å². The van der Waals surface area contributed by atoms with Crippen molar-refractivity contribution in [1.82, 2.24) is 4.57 Å². The van der Waals surface area contributed by atoms with Crippen LogP contribution in [0.15, 0.2) is 30.5 Å². The predicted octanol–water partition coefficient (Wildman–Crippen LogP) is 3.24. The predicted molar refractivity (Wildman–Crippen MR) is 79.0 cm³/mol. The van der Waals surface area contributed by atoms with E-state index in [4.69, 9.17) is 9.47 Å². The molecule has 1 aromatic heterocycles. The largest absolute Gasteiger partial charge is 0.456 e. The first-order valence-corrected chi connectivity index (χ1v) is 6.72. The van der Waals surface area contributed by atoms with Gasteiger partial charge in [0.2, 0.25) is 0 Å². The molecule has 4 heteroatoms. The van der Waals surface area contributed by atoms with Crippen LogP contribution < -0.4 is 0 Å². The van der Waals surface area contributed by atoms with E-state index in [0.29, 0.717) is 12.2 Å². The van der Waals surface area contributed by atoms with Crippen LogP contribution in [-0.4, -0.2) is 29.9 Å². The van der Waals surface area contributed by atoms with Gasteiger partial charge in [0.05, 0.1) is 12.2 Å². The summed E-state index contributed by atoms with van der Waals surface area (Å²) in [6.07, 6.45) is 2.00. The van der Waals surface area contributed by atoms with Crippen LogP contribution in [0.3, 0.4) is 0 Å². The number of hydrogen-bond donors (Lipinski definition) is 0. The molecular formula is C16H21NO3. The van der Waals surface area contributed by atoms with Crippen LogP contribution in [0.2, 0.25) is 0 Å². The van der Waals surface area contributed by atoms with E-state index in [9.17, 15) is 4.79 Å². The third-order valence-corrected chi connectivity index (χ3v) is 2.94. The van der Waals surface area contributed by atoms with Gasteiger partial charge < -0.3 is 14.0 Å². The zero-order valence-electron chi connectivity index (χ0n) is 12.5. The number of carbonyl (C=O) groups is 1. The van der Waals surface area contributed by atoms with Crippen molar-refractivity contribution in [3.05, 3.63) is 36.0 Å². The second-order valence-electron chi connectivity index (χ2n) is 5.78. The van der Waals surface area contributed by atoms with Crippen molar-refractivity contribution in [2.75, 3.05) is 13.7 Å². The molecule has 0 saturated carbocycles. The maximum atomic E-state index is 12.1. The van der Waals surface area contributed by atoms with Gasteiger partial charge >= 0.3 is 5.97 Å². The number of rotatable bonds is 4. The molecule has 2 rings (SSSR count). The summed E-state index contributed by atoms with van der Waals surface area (Å²) in [6.45, 7) is 7.00. The maximum absolute atomic E-state index is 12.1. The first-order valence-electron chi connectivity index (χ1n) is 6.72. The molecule has 0 N–H and O–H groups in total. The van der Waals surface area contributed by atoms with Gasteiger partial charge in [0.25, 0.3) is 0 Å². The average Bonchev–Trinajstić information content (AvgIpc) is 2.76. The minimum Gasteiger partial charge on any atom is -0.456 e. The van der Waals surface area contributed by atoms with E-state index in [2.05, 4.69) is 4.57 Å². The average molecular weight is 275 g/mol. The lowest BCUT2D eigenvalue weighted by Gasteiger charge is -2.19. The Kier molecular flexibility index (Phi) is 4.14. The van der Waals surface area contributed by atoms with Gasteiger partial charge in [-0.3, -0.25) is 0 Å². The van der Waals surface area contributed by atoms with Gasteiger partial charge in [0, 0.05) is 25.4 Å². The molecule has 4 nitrogen and oxygen atoms in total. The Hall–Kier alpha value is -1.81. The highest BCUT2D eigenvalue weighted by Gasteiger charge is 2.18. The minimum absolute atomic E-state index is 0.293. The van der Waals surface area contributed by atoms with Crippen molar-refractivity contribution in [1.29, 1.82) is 0 Å². The molecule has 0 saturated heterocycles. The van der Waals surface area contributed by atoms with Crippen LogP contribution in [0.25, 0.3) is 10.9 Å². The van der Waals surface area contributed by atoms with Crippen molar-refractivity contribution < 1.29 is 14.3 Å². The number of nitrogens with zero attached hydrogens (tertiary/aromatic N) is 1. The molecule has 20 heavy (non-hydrogen) atoms. The zero-order chi connectivity index (χ0) is 14.8. The molecule has 0 unspecified atom stereocenters. The Morgan fingerprint density at radius 2 is 2.00 bits per heavy atom. The molecule has 0 spiro atoms. The lowest BCUT2D eigenvalue weighted by Crippen LogP contribution is -2.23. The first kappa shape index (κ1) is 14.6. The van der Waals surface area contributed by atoms with Gasteiger partial charge in [-0.15, -0.1) is 0 Å². The molecule has 0 radical (unpaired) electrons. The summed E-state index contributed by atoms with van der Waals surface area (Å²) >= 11 is 0. The first-order chi connectivity index (χ1) is 9.40. The van der Waals surface area contributed by atoms with Crippen LogP contribution in [0, 0.1) is 0 Å². The van der Waals surface area contributed by atoms with E-state index in [1.165, 1.54) is 0 Å². The van der Waals surface area contributed by atoms with E-state index in [1.54, 1.807) is 13.2 Å². The molecule has 0 aliphatic carbocycles. The summed E-state index contributed by atoms with van der Waals surface area (Å²) in [5, 5.41) is 1.11. The molecule has 0 aliphatic heterocycles. The number of esters is 1. The molecular weight excluding hydrogens is 254 g/mol. The zero-order valence-corrected chi connectivity index (χ0v) is 12.5. The summed E-state index contributed by atoms with van der Waals surface area (Å²) in [5.74, 6) is -0.293. The summed E-state index contributed by atoms with van der Waals surface area (Å²) in [4.78, 5) is 12.1. The fourth-order valence-electron chi connectivity index (χ4n) is 2.03. The van der Waals surface area contributed by atoms with Gasteiger partial charge in [-0.05, 0) is 44.4 Å². The molecule has 0 aliphatic rings. The van der Waals surface area contributed by atoms with Crippen LogP contribution in [0.4, 0.5) is 0 Å². The number of methoxy groups -OCH3 is 1. The molecule has 0 bridgehead atoms. The lowest BCUT2D eigenvalue weighted by atomic mass is 10.1. The van der Waals surface area contributed by atoms with Crippen molar-refractivity contribution in [3.8, 4) is 0 Å². The van der Waals surface area contributed by atoms with Gasteiger partial charge in [-0.25, -0.2) is 4.79 Å². The molecule has 0 fully saturated rings. The van der Waals surface area contributed by atoms with Gasteiger partial charge in [-0.2, -0.15) is 0 Å². The molecule has 1 aromatic carbocycles. The second-order valence-corrected chi connectivity index (χ2v) is 5.78. The van der Waals surface area contributed by atoms with Crippen LogP contribution >= 0.6 is 0 Å². The Labute approximate surface area is 119 Å². The van der Waals surface area contributed by atoms with Crippen LogP contribution in [0.1, 0.15) is 31.1 Å². The van der Waals surface area contributed by atoms with Crippen molar-refractivity contribution >= 4 is 16.9 Å². The third kappa shape index (κ3) is 3.39. The Morgan fingerprint density at radius 3 is 2.65 bits per heavy atom. The van der Waals surface area contributed by atoms with Gasteiger partial charge in [0.15, 0.2) is 0 Å². The molecule has 1 heterocycles. The number of carbonyl (C=O) groups excluding carboxylic acids is 1. The van der Waals surface area contributed by atoms with E-state index in [0.717, 1.165) is 17.4 Å². The van der Waals surface area contributed by atoms with E-state index < -0.39 is 5.60 Å². The standard InChI is InChI=1S/C16H21NO3/c1-16(2,3)20-15(18)13-6-5-12-7-8-17(9-10-19-4)14(12)11-13/h5-8,11H,9-10H2,1-4H3. The SMILES string of the molecule is COCCn1ccc2ccc(C(=O)OC(C)(C)C)cc21. The number of fused-ring (bicyclic) bond motifs is 1. The molecule has 2 aromatic rings. The highest BCUT2D eigenvalue weighted by molar-refractivity contribution is 5.94. The smallest absolute Gasteiger partial charge is 0.338 e. The molecule has 108 valence electrons. The fraction of sp³-hybridized carbons (Fsp3) is 0.438. The number of hydrogen-bond acceptors (Lipinski definition) is 3.